The van der Waals surface area contributed by atoms with Crippen molar-refractivity contribution in [3.05, 3.63) is 23.8 Å². The van der Waals surface area contributed by atoms with Crippen molar-refractivity contribution in [1.29, 1.82) is 0 Å². The van der Waals surface area contributed by atoms with E-state index in [0.717, 1.165) is 0 Å². The molecule has 1 aromatic rings. The summed E-state index contributed by atoms with van der Waals surface area (Å²) in [5.41, 5.74) is -0.220. The number of rotatable bonds is 5. The molecule has 1 atom stereocenters. The van der Waals surface area contributed by atoms with Gasteiger partial charge in [-0.2, -0.15) is 0 Å². The number of carbonyl (C=O) groups excluding carboxylic acids is 1. The highest BCUT2D eigenvalue weighted by Crippen LogP contribution is 2.25. The molecule has 0 aliphatic carbocycles. The third-order valence-corrected chi connectivity index (χ3v) is 2.17. The van der Waals surface area contributed by atoms with Crippen LogP contribution in [0.4, 0.5) is 0 Å². The fraction of sp³-hybridized carbons (Fsp3) is 0.364. The molecule has 17 heavy (non-hydrogen) atoms. The van der Waals surface area contributed by atoms with E-state index >= 15 is 0 Å². The second-order valence-corrected chi connectivity index (χ2v) is 3.48. The highest BCUT2D eigenvalue weighted by molar-refractivity contribution is 5.99. The number of ether oxygens (including phenoxy) is 1. The normalized spacial score (nSPS) is 12.1. The van der Waals surface area contributed by atoms with Crippen molar-refractivity contribution in [3.8, 4) is 11.5 Å². The van der Waals surface area contributed by atoms with E-state index in [1.807, 2.05) is 0 Å². The molecule has 0 spiro atoms. The molecule has 4 N–H and O–H groups in total. The number of hydrogen-bond acceptors (Lipinski definition) is 5. The summed E-state index contributed by atoms with van der Waals surface area (Å²) in [4.78, 5) is 11.7. The van der Waals surface area contributed by atoms with Gasteiger partial charge in [-0.05, 0) is 12.1 Å². The minimum Gasteiger partial charge on any atom is -0.507 e. The number of carbonyl (C=O) groups is 1. The number of nitrogens with one attached hydrogen (secondary N) is 1. The van der Waals surface area contributed by atoms with Gasteiger partial charge in [0.2, 0.25) is 0 Å². The molecule has 0 saturated heterocycles. The molecule has 0 aliphatic heterocycles. The summed E-state index contributed by atoms with van der Waals surface area (Å²) in [5.74, 6) is -1.31. The SMILES string of the molecule is COCC(CO)NC(=O)c1c(O)cccc1O. The van der Waals surface area contributed by atoms with Gasteiger partial charge in [0.05, 0.1) is 19.3 Å². The molecule has 1 amide bonds. The summed E-state index contributed by atoms with van der Waals surface area (Å²) < 4.78 is 4.79. The summed E-state index contributed by atoms with van der Waals surface area (Å²) in [6.45, 7) is -0.162. The Morgan fingerprint density at radius 3 is 2.47 bits per heavy atom. The van der Waals surface area contributed by atoms with E-state index in [4.69, 9.17) is 9.84 Å². The summed E-state index contributed by atoms with van der Waals surface area (Å²) in [7, 11) is 1.44. The highest BCUT2D eigenvalue weighted by Gasteiger charge is 2.19. The zero-order valence-electron chi connectivity index (χ0n) is 9.38. The number of hydrogen-bond donors (Lipinski definition) is 4. The molecule has 0 fully saturated rings. The largest absolute Gasteiger partial charge is 0.507 e. The first kappa shape index (κ1) is 13.3. The minimum atomic E-state index is -0.670. The first-order valence-corrected chi connectivity index (χ1v) is 5.01. The predicted octanol–water partition coefficient (Wildman–Crippen LogP) is -0.165. The molecule has 1 unspecified atom stereocenters. The van der Waals surface area contributed by atoms with E-state index in [1.54, 1.807) is 0 Å². The van der Waals surface area contributed by atoms with Gasteiger partial charge >= 0.3 is 0 Å². The number of phenols is 2. The lowest BCUT2D eigenvalue weighted by atomic mass is 10.1. The van der Waals surface area contributed by atoms with Crippen molar-refractivity contribution in [2.75, 3.05) is 20.3 Å². The van der Waals surface area contributed by atoms with Gasteiger partial charge in [0.15, 0.2) is 0 Å². The molecule has 0 aromatic heterocycles. The van der Waals surface area contributed by atoms with Gasteiger partial charge in [0, 0.05) is 7.11 Å². The lowest BCUT2D eigenvalue weighted by Crippen LogP contribution is -2.40. The average molecular weight is 241 g/mol. The van der Waals surface area contributed by atoms with Crippen LogP contribution in [-0.2, 0) is 4.74 Å². The Morgan fingerprint density at radius 1 is 1.41 bits per heavy atom. The number of aromatic hydroxyl groups is 2. The van der Waals surface area contributed by atoms with Gasteiger partial charge in [-0.15, -0.1) is 0 Å². The number of benzene rings is 1. The number of aliphatic hydroxyl groups is 1. The van der Waals surface area contributed by atoms with Crippen LogP contribution in [0.5, 0.6) is 11.5 Å². The molecule has 0 radical (unpaired) electrons. The fourth-order valence-electron chi connectivity index (χ4n) is 1.36. The van der Waals surface area contributed by atoms with Gasteiger partial charge < -0.3 is 25.4 Å². The molecule has 6 heteroatoms. The molecule has 0 aliphatic rings. The van der Waals surface area contributed by atoms with E-state index in [9.17, 15) is 15.0 Å². The van der Waals surface area contributed by atoms with Crippen LogP contribution < -0.4 is 5.32 Å². The van der Waals surface area contributed by atoms with Crippen LogP contribution in [0.3, 0.4) is 0 Å². The number of amides is 1. The Balaban J connectivity index is 2.82. The predicted molar refractivity (Wildman–Crippen MR) is 60.0 cm³/mol. The fourth-order valence-corrected chi connectivity index (χ4v) is 1.36. The van der Waals surface area contributed by atoms with E-state index in [-0.39, 0.29) is 30.3 Å². The monoisotopic (exact) mass is 241 g/mol. The standard InChI is InChI=1S/C11H15NO5/c1-17-6-7(5-13)12-11(16)10-8(14)3-2-4-9(10)15/h2-4,7,13-15H,5-6H2,1H3,(H,12,16). The molecular weight excluding hydrogens is 226 g/mol. The molecule has 1 rings (SSSR count). The topological polar surface area (TPSA) is 99.0 Å². The van der Waals surface area contributed by atoms with Crippen LogP contribution in [0.1, 0.15) is 10.4 Å². The van der Waals surface area contributed by atoms with Crippen molar-refractivity contribution in [1.82, 2.24) is 5.32 Å². The molecule has 94 valence electrons. The third-order valence-electron chi connectivity index (χ3n) is 2.17. The Hall–Kier alpha value is -1.79. The summed E-state index contributed by atoms with van der Waals surface area (Å²) >= 11 is 0. The van der Waals surface area contributed by atoms with Gasteiger partial charge in [-0.25, -0.2) is 0 Å². The van der Waals surface area contributed by atoms with Crippen molar-refractivity contribution in [2.45, 2.75) is 6.04 Å². The highest BCUT2D eigenvalue weighted by atomic mass is 16.5. The lowest BCUT2D eigenvalue weighted by Gasteiger charge is -2.16. The number of phenolic OH excluding ortho intramolecular Hbond substituents is 2. The first-order valence-electron chi connectivity index (χ1n) is 5.01. The average Bonchev–Trinajstić information content (AvgIpc) is 2.28. The van der Waals surface area contributed by atoms with Gasteiger partial charge in [-0.3, -0.25) is 4.79 Å². The maximum Gasteiger partial charge on any atom is 0.259 e. The van der Waals surface area contributed by atoms with Crippen LogP contribution in [0.15, 0.2) is 18.2 Å². The second kappa shape index (κ2) is 6.07. The van der Waals surface area contributed by atoms with E-state index in [1.165, 1.54) is 25.3 Å². The minimum absolute atomic E-state index is 0.136. The van der Waals surface area contributed by atoms with Gasteiger partial charge in [0.1, 0.15) is 17.1 Å². The first-order chi connectivity index (χ1) is 8.10. The van der Waals surface area contributed by atoms with Crippen molar-refractivity contribution in [2.24, 2.45) is 0 Å². The number of aliphatic hydroxyl groups excluding tert-OH is 1. The van der Waals surface area contributed by atoms with Crippen LogP contribution in [0, 0.1) is 0 Å². The molecule has 1 aromatic carbocycles. The third kappa shape index (κ3) is 3.33. The zero-order valence-corrected chi connectivity index (χ0v) is 9.38. The maximum absolute atomic E-state index is 11.7. The quantitative estimate of drug-likeness (QED) is 0.574. The van der Waals surface area contributed by atoms with Crippen LogP contribution in [0.2, 0.25) is 0 Å². The molecule has 0 bridgehead atoms. The van der Waals surface area contributed by atoms with Crippen molar-refractivity contribution in [3.63, 3.8) is 0 Å². The zero-order chi connectivity index (χ0) is 12.8. The van der Waals surface area contributed by atoms with E-state index in [0.29, 0.717) is 0 Å². The lowest BCUT2D eigenvalue weighted by molar-refractivity contribution is 0.0834. The van der Waals surface area contributed by atoms with Crippen LogP contribution in [0.25, 0.3) is 0 Å². The van der Waals surface area contributed by atoms with Crippen molar-refractivity contribution < 1.29 is 24.9 Å². The molecule has 6 nitrogen and oxygen atoms in total. The summed E-state index contributed by atoms with van der Waals surface area (Å²) in [5, 5.41) is 30.3. The van der Waals surface area contributed by atoms with Gasteiger partial charge in [0.25, 0.3) is 5.91 Å². The van der Waals surface area contributed by atoms with Crippen molar-refractivity contribution >= 4 is 5.91 Å². The Bertz CT molecular complexity index is 373. The Labute approximate surface area is 98.5 Å². The Kier molecular flexibility index (Phi) is 4.74. The Morgan fingerprint density at radius 2 is 2.00 bits per heavy atom. The maximum atomic E-state index is 11.7. The molecule has 0 heterocycles. The van der Waals surface area contributed by atoms with Crippen LogP contribution >= 0.6 is 0 Å². The second-order valence-electron chi connectivity index (χ2n) is 3.48. The summed E-state index contributed by atoms with van der Waals surface area (Å²) in [6, 6.07) is 3.41. The van der Waals surface area contributed by atoms with Crippen LogP contribution in [-0.4, -0.2) is 47.6 Å². The summed E-state index contributed by atoms with van der Waals surface area (Å²) in [6.07, 6.45) is 0. The number of methoxy groups -OCH3 is 1. The smallest absolute Gasteiger partial charge is 0.259 e. The van der Waals surface area contributed by atoms with Gasteiger partial charge in [-0.1, -0.05) is 6.07 Å². The molecule has 0 saturated carbocycles. The molecular formula is C11H15NO5. The van der Waals surface area contributed by atoms with E-state index in [2.05, 4.69) is 5.32 Å². The van der Waals surface area contributed by atoms with E-state index < -0.39 is 11.9 Å².